The van der Waals surface area contributed by atoms with Crippen LogP contribution < -0.4 is 4.90 Å². The summed E-state index contributed by atoms with van der Waals surface area (Å²) in [6, 6.07) is 9.17. The maximum Gasteiger partial charge on any atom is 0.280 e. The van der Waals surface area contributed by atoms with E-state index in [0.29, 0.717) is 21.6 Å². The second-order valence-electron chi connectivity index (χ2n) is 6.28. The maximum atomic E-state index is 13.2. The lowest BCUT2D eigenvalue weighted by atomic mass is 10.2. The van der Waals surface area contributed by atoms with E-state index in [4.69, 9.17) is 21.0 Å². The molecule has 0 bridgehead atoms. The second kappa shape index (κ2) is 6.83. The Kier molecular flexibility index (Phi) is 4.49. The van der Waals surface area contributed by atoms with E-state index in [0.717, 1.165) is 21.5 Å². The third kappa shape index (κ3) is 3.24. The predicted octanol–water partition coefficient (Wildman–Crippen LogP) is 4.74. The molecular weight excluding hydrogens is 384 g/mol. The van der Waals surface area contributed by atoms with E-state index in [2.05, 4.69) is 5.10 Å². The summed E-state index contributed by atoms with van der Waals surface area (Å²) in [5.41, 5.74) is 2.98. The maximum absolute atomic E-state index is 13.2. The SMILES string of the molecule is Cc1c(Cl)ccc2sc(N(Cc3ccco3)C(=O)c3cc(C)n(C)n3)nc12. The molecule has 0 aliphatic heterocycles. The summed E-state index contributed by atoms with van der Waals surface area (Å²) in [6.07, 6.45) is 1.59. The number of carbonyl (C=O) groups is 1. The number of aryl methyl sites for hydroxylation is 3. The largest absolute Gasteiger partial charge is 0.467 e. The van der Waals surface area contributed by atoms with Crippen LogP contribution in [0.15, 0.2) is 41.0 Å². The summed E-state index contributed by atoms with van der Waals surface area (Å²) >= 11 is 7.67. The highest BCUT2D eigenvalue weighted by atomic mass is 35.5. The summed E-state index contributed by atoms with van der Waals surface area (Å²) in [4.78, 5) is 19.5. The van der Waals surface area contributed by atoms with E-state index in [1.54, 1.807) is 28.0 Å². The fraction of sp³-hybridized carbons (Fsp3) is 0.211. The zero-order chi connectivity index (χ0) is 19.1. The van der Waals surface area contributed by atoms with Gasteiger partial charge < -0.3 is 4.42 Å². The van der Waals surface area contributed by atoms with Crippen LogP contribution in [-0.4, -0.2) is 20.7 Å². The molecule has 138 valence electrons. The molecule has 8 heteroatoms. The monoisotopic (exact) mass is 400 g/mol. The summed E-state index contributed by atoms with van der Waals surface area (Å²) < 4.78 is 8.11. The molecule has 0 fully saturated rings. The van der Waals surface area contributed by atoms with Crippen LogP contribution in [0, 0.1) is 13.8 Å². The number of anilines is 1. The number of aromatic nitrogens is 3. The number of hydrogen-bond donors (Lipinski definition) is 0. The minimum absolute atomic E-state index is 0.224. The smallest absolute Gasteiger partial charge is 0.280 e. The number of hydrogen-bond acceptors (Lipinski definition) is 5. The highest BCUT2D eigenvalue weighted by molar-refractivity contribution is 7.22. The van der Waals surface area contributed by atoms with Crippen LogP contribution in [0.25, 0.3) is 10.2 Å². The van der Waals surface area contributed by atoms with Crippen molar-refractivity contribution in [1.82, 2.24) is 14.8 Å². The van der Waals surface area contributed by atoms with Gasteiger partial charge in [-0.2, -0.15) is 5.10 Å². The molecule has 0 spiro atoms. The van der Waals surface area contributed by atoms with E-state index in [-0.39, 0.29) is 12.5 Å². The van der Waals surface area contributed by atoms with Crippen molar-refractivity contribution in [2.75, 3.05) is 4.90 Å². The molecular formula is C19H17ClN4O2S. The molecule has 3 heterocycles. The van der Waals surface area contributed by atoms with Gasteiger partial charge in [-0.15, -0.1) is 0 Å². The van der Waals surface area contributed by atoms with Crippen molar-refractivity contribution in [2.24, 2.45) is 7.05 Å². The fourth-order valence-electron chi connectivity index (χ4n) is 2.79. The van der Waals surface area contributed by atoms with Gasteiger partial charge in [-0.25, -0.2) is 4.98 Å². The van der Waals surface area contributed by atoms with Crippen molar-refractivity contribution in [2.45, 2.75) is 20.4 Å². The first-order valence-corrected chi connectivity index (χ1v) is 9.54. The third-order valence-corrected chi connectivity index (χ3v) is 5.89. The second-order valence-corrected chi connectivity index (χ2v) is 7.70. The topological polar surface area (TPSA) is 64.2 Å². The van der Waals surface area contributed by atoms with Crippen LogP contribution in [0.5, 0.6) is 0 Å². The summed E-state index contributed by atoms with van der Waals surface area (Å²) in [5.74, 6) is 0.447. The van der Waals surface area contributed by atoms with Gasteiger partial charge in [-0.1, -0.05) is 22.9 Å². The Hall–Kier alpha value is -2.64. The van der Waals surface area contributed by atoms with Crippen LogP contribution in [0.1, 0.15) is 27.5 Å². The van der Waals surface area contributed by atoms with Gasteiger partial charge in [0.2, 0.25) is 0 Å². The number of benzene rings is 1. The Morgan fingerprint density at radius 3 is 2.81 bits per heavy atom. The van der Waals surface area contributed by atoms with Crippen molar-refractivity contribution in [1.29, 1.82) is 0 Å². The minimum atomic E-state index is -0.224. The van der Waals surface area contributed by atoms with Gasteiger partial charge in [0.1, 0.15) is 5.76 Å². The van der Waals surface area contributed by atoms with E-state index in [9.17, 15) is 4.79 Å². The Labute approximate surface area is 165 Å². The van der Waals surface area contributed by atoms with Gasteiger partial charge in [-0.3, -0.25) is 14.4 Å². The van der Waals surface area contributed by atoms with Crippen molar-refractivity contribution in [3.8, 4) is 0 Å². The molecule has 1 aromatic carbocycles. The van der Waals surface area contributed by atoms with E-state index < -0.39 is 0 Å². The first kappa shape index (κ1) is 17.8. The fourth-order valence-corrected chi connectivity index (χ4v) is 3.97. The van der Waals surface area contributed by atoms with Crippen LogP contribution in [-0.2, 0) is 13.6 Å². The van der Waals surface area contributed by atoms with Gasteiger partial charge in [0, 0.05) is 17.8 Å². The van der Waals surface area contributed by atoms with Crippen molar-refractivity contribution >= 4 is 44.2 Å². The van der Waals surface area contributed by atoms with Gasteiger partial charge >= 0.3 is 0 Å². The average Bonchev–Trinajstić information content (AvgIpc) is 3.37. The number of rotatable bonds is 4. The number of nitrogens with zero attached hydrogens (tertiary/aromatic N) is 4. The zero-order valence-corrected chi connectivity index (χ0v) is 16.6. The number of halogens is 1. The van der Waals surface area contributed by atoms with Gasteiger partial charge in [0.15, 0.2) is 10.8 Å². The normalized spacial score (nSPS) is 11.3. The Bertz CT molecular complexity index is 1110. The van der Waals surface area contributed by atoms with Crippen LogP contribution in [0.3, 0.4) is 0 Å². The van der Waals surface area contributed by atoms with E-state index in [1.165, 1.54) is 11.3 Å². The molecule has 0 N–H and O–H groups in total. The summed E-state index contributed by atoms with van der Waals surface area (Å²) in [7, 11) is 1.81. The van der Waals surface area contributed by atoms with Crippen molar-refractivity contribution < 1.29 is 9.21 Å². The minimum Gasteiger partial charge on any atom is -0.467 e. The van der Waals surface area contributed by atoms with Gasteiger partial charge in [0.25, 0.3) is 5.91 Å². The molecule has 0 saturated heterocycles. The van der Waals surface area contributed by atoms with Crippen LogP contribution in [0.2, 0.25) is 5.02 Å². The first-order chi connectivity index (χ1) is 12.9. The molecule has 0 saturated carbocycles. The molecule has 4 rings (SSSR count). The molecule has 27 heavy (non-hydrogen) atoms. The van der Waals surface area contributed by atoms with Gasteiger partial charge in [0.05, 0.1) is 23.0 Å². The van der Waals surface area contributed by atoms with E-state index in [1.807, 2.05) is 39.1 Å². The average molecular weight is 401 g/mol. The number of amides is 1. The lowest BCUT2D eigenvalue weighted by Gasteiger charge is -2.17. The highest BCUT2D eigenvalue weighted by Gasteiger charge is 2.25. The Balaban J connectivity index is 1.80. The molecule has 6 nitrogen and oxygen atoms in total. The molecule has 4 aromatic rings. The molecule has 3 aromatic heterocycles. The molecule has 0 aliphatic rings. The Morgan fingerprint density at radius 1 is 1.33 bits per heavy atom. The van der Waals surface area contributed by atoms with Gasteiger partial charge in [-0.05, 0) is 49.7 Å². The lowest BCUT2D eigenvalue weighted by molar-refractivity contribution is 0.0977. The number of carbonyl (C=O) groups excluding carboxylic acids is 1. The first-order valence-electron chi connectivity index (χ1n) is 8.34. The molecule has 0 aliphatic carbocycles. The standard InChI is InChI=1S/C19H17ClN4O2S/c1-11-9-15(22-23(11)3)18(25)24(10-13-5-4-8-26-13)19-21-17-12(2)14(20)6-7-16(17)27-19/h4-9H,10H2,1-3H3. The van der Waals surface area contributed by atoms with Crippen molar-refractivity contribution in [3.63, 3.8) is 0 Å². The number of furan rings is 1. The quantitative estimate of drug-likeness (QED) is 0.496. The molecule has 0 radical (unpaired) electrons. The number of thiazole rings is 1. The number of fused-ring (bicyclic) bond motifs is 1. The van der Waals surface area contributed by atoms with E-state index >= 15 is 0 Å². The van der Waals surface area contributed by atoms with Crippen LogP contribution >= 0.6 is 22.9 Å². The molecule has 1 amide bonds. The highest BCUT2D eigenvalue weighted by Crippen LogP contribution is 2.34. The molecule has 0 atom stereocenters. The zero-order valence-electron chi connectivity index (χ0n) is 15.1. The van der Waals surface area contributed by atoms with Crippen LogP contribution in [0.4, 0.5) is 5.13 Å². The lowest BCUT2D eigenvalue weighted by Crippen LogP contribution is -2.30. The third-order valence-electron chi connectivity index (χ3n) is 4.44. The molecule has 0 unspecified atom stereocenters. The summed E-state index contributed by atoms with van der Waals surface area (Å²) in [6.45, 7) is 4.10. The Morgan fingerprint density at radius 2 is 2.15 bits per heavy atom. The predicted molar refractivity (Wildman–Crippen MR) is 107 cm³/mol. The summed E-state index contributed by atoms with van der Waals surface area (Å²) in [5, 5.41) is 5.56. The van der Waals surface area contributed by atoms with Crippen molar-refractivity contribution in [3.05, 3.63) is 64.3 Å².